The summed E-state index contributed by atoms with van der Waals surface area (Å²) >= 11 is 0. The van der Waals surface area contributed by atoms with Gasteiger partial charge in [0.2, 0.25) is 11.8 Å². The van der Waals surface area contributed by atoms with Gasteiger partial charge in [-0.25, -0.2) is 4.79 Å². The van der Waals surface area contributed by atoms with Crippen LogP contribution >= 0.6 is 0 Å². The first kappa shape index (κ1) is 16.9. The Labute approximate surface area is 126 Å². The zero-order valence-electron chi connectivity index (χ0n) is 11.5. The topological polar surface area (TPSA) is 125 Å². The summed E-state index contributed by atoms with van der Waals surface area (Å²) in [4.78, 5) is 44.2. The molecule has 1 aromatic carbocycles. The van der Waals surface area contributed by atoms with E-state index in [-0.39, 0.29) is 18.7 Å². The molecular weight excluding hydrogens is 290 g/mol. The summed E-state index contributed by atoms with van der Waals surface area (Å²) in [5, 5.41) is 10.9. The largest absolute Gasteiger partial charge is 0.478 e. The molecule has 0 aliphatic rings. The lowest BCUT2D eigenvalue weighted by atomic mass is 10.2. The summed E-state index contributed by atoms with van der Waals surface area (Å²) < 4.78 is 0. The molecule has 0 saturated heterocycles. The molecule has 0 bridgehead atoms. The first-order chi connectivity index (χ1) is 10.5. The Morgan fingerprint density at radius 2 is 1.55 bits per heavy atom. The average Bonchev–Trinajstić information content (AvgIpc) is 2.49. The first-order valence-electron chi connectivity index (χ1n) is 6.32. The molecule has 0 aliphatic carbocycles. The van der Waals surface area contributed by atoms with Crippen LogP contribution in [0, 0.1) is 0 Å². The minimum atomic E-state index is -1.28. The van der Waals surface area contributed by atoms with Crippen molar-refractivity contribution in [1.82, 2.24) is 10.9 Å². The Kier molecular flexibility index (Phi) is 6.84. The Morgan fingerprint density at radius 3 is 2.18 bits per heavy atom. The molecule has 22 heavy (non-hydrogen) atoms. The number of para-hydroxylation sites is 1. The standard InChI is InChI=1S/C14H15N3O5/c18-11(15-10-4-2-1-3-5-10)6-7-12(19)16-17-13(20)8-9-14(21)22/h1-5,8-9H,6-7H2,(H,15,18)(H,16,19)(H,17,20)(H,21,22)/b9-8+. The van der Waals surface area contributed by atoms with Crippen LogP contribution in [0.15, 0.2) is 42.5 Å². The molecule has 8 heteroatoms. The van der Waals surface area contributed by atoms with Crippen molar-refractivity contribution in [3.8, 4) is 0 Å². The van der Waals surface area contributed by atoms with E-state index in [1.54, 1.807) is 24.3 Å². The van der Waals surface area contributed by atoms with Gasteiger partial charge in [0.1, 0.15) is 0 Å². The van der Waals surface area contributed by atoms with Gasteiger partial charge in [0.25, 0.3) is 5.91 Å². The van der Waals surface area contributed by atoms with Gasteiger partial charge in [0.05, 0.1) is 0 Å². The second-order valence-corrected chi connectivity index (χ2v) is 4.12. The quantitative estimate of drug-likeness (QED) is 0.441. The van der Waals surface area contributed by atoms with Crippen LogP contribution in [-0.2, 0) is 19.2 Å². The molecule has 0 atom stereocenters. The summed E-state index contributed by atoms with van der Waals surface area (Å²) in [5.41, 5.74) is 4.68. The molecule has 0 aromatic heterocycles. The second kappa shape index (κ2) is 8.90. The van der Waals surface area contributed by atoms with E-state index in [1.807, 2.05) is 11.5 Å². The van der Waals surface area contributed by atoms with E-state index >= 15 is 0 Å². The number of hydrazine groups is 1. The van der Waals surface area contributed by atoms with E-state index in [0.717, 1.165) is 6.08 Å². The molecule has 0 fully saturated rings. The minimum Gasteiger partial charge on any atom is -0.478 e. The van der Waals surface area contributed by atoms with Crippen molar-refractivity contribution in [2.24, 2.45) is 0 Å². The Hall–Kier alpha value is -3.16. The van der Waals surface area contributed by atoms with E-state index in [4.69, 9.17) is 5.11 Å². The molecule has 0 heterocycles. The highest BCUT2D eigenvalue weighted by Crippen LogP contribution is 2.05. The van der Waals surface area contributed by atoms with Gasteiger partial charge >= 0.3 is 5.97 Å². The molecule has 1 rings (SSSR count). The van der Waals surface area contributed by atoms with Gasteiger partial charge in [0.15, 0.2) is 0 Å². The Balaban J connectivity index is 2.24. The minimum absolute atomic E-state index is 0.0540. The van der Waals surface area contributed by atoms with Crippen LogP contribution in [0.3, 0.4) is 0 Å². The zero-order chi connectivity index (χ0) is 16.4. The number of carbonyl (C=O) groups excluding carboxylic acids is 3. The lowest BCUT2D eigenvalue weighted by molar-refractivity contribution is -0.131. The van der Waals surface area contributed by atoms with Gasteiger partial charge in [-0.2, -0.15) is 0 Å². The van der Waals surface area contributed by atoms with Crippen LogP contribution in [0.25, 0.3) is 0 Å². The number of carbonyl (C=O) groups is 4. The number of amides is 3. The SMILES string of the molecule is O=C(O)/C=C/C(=O)NNC(=O)CCC(=O)Nc1ccccc1. The fraction of sp³-hybridized carbons (Fsp3) is 0.143. The van der Waals surface area contributed by atoms with Crippen LogP contribution in [0.1, 0.15) is 12.8 Å². The maximum atomic E-state index is 11.6. The number of benzene rings is 1. The number of anilines is 1. The van der Waals surface area contributed by atoms with Crippen LogP contribution in [0.4, 0.5) is 5.69 Å². The highest BCUT2D eigenvalue weighted by molar-refractivity contribution is 5.96. The number of carboxylic acids is 1. The van der Waals surface area contributed by atoms with Crippen LogP contribution in [0.5, 0.6) is 0 Å². The number of carboxylic acid groups (broad SMARTS) is 1. The van der Waals surface area contributed by atoms with Gasteiger partial charge in [-0.15, -0.1) is 0 Å². The second-order valence-electron chi connectivity index (χ2n) is 4.12. The Bertz CT molecular complexity index is 583. The monoisotopic (exact) mass is 305 g/mol. The fourth-order valence-corrected chi connectivity index (χ4v) is 1.35. The predicted molar refractivity (Wildman–Crippen MR) is 77.4 cm³/mol. The summed E-state index contributed by atoms with van der Waals surface area (Å²) in [5.74, 6) is -2.97. The van der Waals surface area contributed by atoms with E-state index in [2.05, 4.69) is 10.7 Å². The van der Waals surface area contributed by atoms with Crippen molar-refractivity contribution in [2.45, 2.75) is 12.8 Å². The molecule has 0 saturated carbocycles. The number of nitrogens with one attached hydrogen (secondary N) is 3. The molecule has 8 nitrogen and oxygen atoms in total. The van der Waals surface area contributed by atoms with E-state index in [9.17, 15) is 19.2 Å². The van der Waals surface area contributed by atoms with Crippen LogP contribution in [0.2, 0.25) is 0 Å². The van der Waals surface area contributed by atoms with E-state index in [0.29, 0.717) is 11.8 Å². The summed E-state index contributed by atoms with van der Waals surface area (Å²) in [6, 6.07) is 8.77. The third-order valence-electron chi connectivity index (χ3n) is 2.34. The van der Waals surface area contributed by atoms with Gasteiger partial charge in [-0.1, -0.05) is 18.2 Å². The molecule has 0 radical (unpaired) electrons. The van der Waals surface area contributed by atoms with Crippen LogP contribution in [-0.4, -0.2) is 28.8 Å². The fourth-order valence-electron chi connectivity index (χ4n) is 1.35. The molecule has 0 spiro atoms. The normalized spacial score (nSPS) is 10.0. The molecular formula is C14H15N3O5. The van der Waals surface area contributed by atoms with Crippen molar-refractivity contribution < 1.29 is 24.3 Å². The molecule has 1 aromatic rings. The van der Waals surface area contributed by atoms with Crippen molar-refractivity contribution in [3.63, 3.8) is 0 Å². The molecule has 116 valence electrons. The van der Waals surface area contributed by atoms with E-state index in [1.165, 1.54) is 0 Å². The highest BCUT2D eigenvalue weighted by atomic mass is 16.4. The first-order valence-corrected chi connectivity index (χ1v) is 6.32. The van der Waals surface area contributed by atoms with Gasteiger partial charge in [-0.05, 0) is 12.1 Å². The number of rotatable bonds is 6. The van der Waals surface area contributed by atoms with Gasteiger partial charge in [0, 0.05) is 30.7 Å². The zero-order valence-corrected chi connectivity index (χ0v) is 11.5. The molecule has 0 aliphatic heterocycles. The maximum Gasteiger partial charge on any atom is 0.328 e. The summed E-state index contributed by atoms with van der Waals surface area (Å²) in [6.07, 6.45) is 1.21. The van der Waals surface area contributed by atoms with E-state index < -0.39 is 17.8 Å². The molecule has 3 amide bonds. The van der Waals surface area contributed by atoms with Gasteiger partial charge < -0.3 is 10.4 Å². The predicted octanol–water partition coefficient (Wildman–Crippen LogP) is 0.193. The summed E-state index contributed by atoms with van der Waals surface area (Å²) in [7, 11) is 0. The average molecular weight is 305 g/mol. The summed E-state index contributed by atoms with van der Waals surface area (Å²) in [6.45, 7) is 0. The number of hydrogen-bond acceptors (Lipinski definition) is 4. The lowest BCUT2D eigenvalue weighted by Gasteiger charge is -2.06. The number of aliphatic carboxylic acids is 1. The number of hydrogen-bond donors (Lipinski definition) is 4. The lowest BCUT2D eigenvalue weighted by Crippen LogP contribution is -2.41. The maximum absolute atomic E-state index is 11.6. The smallest absolute Gasteiger partial charge is 0.328 e. The molecule has 0 unspecified atom stereocenters. The van der Waals surface area contributed by atoms with Crippen LogP contribution < -0.4 is 16.2 Å². The highest BCUT2D eigenvalue weighted by Gasteiger charge is 2.07. The van der Waals surface area contributed by atoms with Crippen molar-refractivity contribution >= 4 is 29.4 Å². The van der Waals surface area contributed by atoms with Gasteiger partial charge in [-0.3, -0.25) is 25.2 Å². The third kappa shape index (κ3) is 7.43. The third-order valence-corrected chi connectivity index (χ3v) is 2.34. The Morgan fingerprint density at radius 1 is 0.909 bits per heavy atom. The molecule has 4 N–H and O–H groups in total. The van der Waals surface area contributed by atoms with Crippen molar-refractivity contribution in [1.29, 1.82) is 0 Å². The van der Waals surface area contributed by atoms with Crippen molar-refractivity contribution in [2.75, 3.05) is 5.32 Å². The van der Waals surface area contributed by atoms with Crippen molar-refractivity contribution in [3.05, 3.63) is 42.5 Å².